The summed E-state index contributed by atoms with van der Waals surface area (Å²) >= 11 is 0. The summed E-state index contributed by atoms with van der Waals surface area (Å²) in [5, 5.41) is 0. The van der Waals surface area contributed by atoms with Crippen LogP contribution >= 0.6 is 0 Å². The third-order valence-corrected chi connectivity index (χ3v) is 8.69. The molecule has 0 aromatic heterocycles. The molecule has 0 aliphatic heterocycles. The Morgan fingerprint density at radius 2 is 1.65 bits per heavy atom. The van der Waals surface area contributed by atoms with E-state index in [1.165, 1.54) is 44.1 Å². The van der Waals surface area contributed by atoms with E-state index in [1.54, 1.807) is 16.7 Å². The van der Waals surface area contributed by atoms with Crippen molar-refractivity contribution in [2.24, 2.45) is 22.7 Å². The maximum absolute atomic E-state index is 2.66. The minimum absolute atomic E-state index is 0.423. The molecule has 1 unspecified atom stereocenters. The van der Waals surface area contributed by atoms with Gasteiger partial charge in [-0.3, -0.25) is 0 Å². The molecule has 2 saturated carbocycles. The highest BCUT2D eigenvalue weighted by Crippen LogP contribution is 2.67. The van der Waals surface area contributed by atoms with Gasteiger partial charge in [-0.05, 0) is 96.3 Å². The number of fused-ring (bicyclic) bond motifs is 5. The van der Waals surface area contributed by atoms with Crippen molar-refractivity contribution >= 4 is 0 Å². The average Bonchev–Trinajstić information content (AvgIpc) is 2.77. The van der Waals surface area contributed by atoms with Crippen molar-refractivity contribution in [1.29, 1.82) is 0 Å². The van der Waals surface area contributed by atoms with Crippen LogP contribution in [0.1, 0.15) is 82.1 Å². The van der Waals surface area contributed by atoms with Crippen LogP contribution in [0.2, 0.25) is 0 Å². The molecule has 0 bridgehead atoms. The van der Waals surface area contributed by atoms with Crippen LogP contribution in [0.5, 0.6) is 0 Å². The fourth-order valence-corrected chi connectivity index (χ4v) is 7.31. The molecule has 0 spiro atoms. The lowest BCUT2D eigenvalue weighted by Gasteiger charge is -2.61. The van der Waals surface area contributed by atoms with Crippen LogP contribution in [0.25, 0.3) is 0 Å². The van der Waals surface area contributed by atoms with Gasteiger partial charge in [0.05, 0.1) is 0 Å². The number of hydrogen-bond donors (Lipinski definition) is 0. The van der Waals surface area contributed by atoms with E-state index in [0.717, 1.165) is 11.8 Å². The van der Waals surface area contributed by atoms with Gasteiger partial charge in [0.2, 0.25) is 0 Å². The van der Waals surface area contributed by atoms with Gasteiger partial charge in [0, 0.05) is 0 Å². The Hall–Kier alpha value is -0.780. The molecule has 0 radical (unpaired) electrons. The molecular formula is C23H34. The zero-order valence-corrected chi connectivity index (χ0v) is 16.1. The molecule has 0 heterocycles. The second-order valence-corrected chi connectivity index (χ2v) is 10.1. The minimum atomic E-state index is 0.423. The molecule has 1 aromatic rings. The van der Waals surface area contributed by atoms with Gasteiger partial charge in [-0.15, -0.1) is 0 Å². The zero-order valence-electron chi connectivity index (χ0n) is 16.1. The van der Waals surface area contributed by atoms with E-state index in [0.29, 0.717) is 16.2 Å². The third-order valence-electron chi connectivity index (χ3n) is 8.69. The van der Waals surface area contributed by atoms with Crippen molar-refractivity contribution in [3.63, 3.8) is 0 Å². The predicted octanol–water partition coefficient (Wildman–Crippen LogP) is 6.36. The Balaban J connectivity index is 1.84. The van der Waals surface area contributed by atoms with Crippen molar-refractivity contribution in [2.45, 2.75) is 85.5 Å². The maximum atomic E-state index is 2.66. The third kappa shape index (κ3) is 1.90. The average molecular weight is 311 g/mol. The second kappa shape index (κ2) is 4.64. The first-order valence-corrected chi connectivity index (χ1v) is 9.80. The molecule has 126 valence electrons. The highest BCUT2D eigenvalue weighted by Gasteiger charge is 2.60. The normalized spacial score (nSPS) is 41.1. The maximum Gasteiger partial charge on any atom is -0.00356 e. The molecule has 23 heavy (non-hydrogen) atoms. The van der Waals surface area contributed by atoms with Gasteiger partial charge in [0.1, 0.15) is 0 Å². The van der Waals surface area contributed by atoms with Crippen LogP contribution in [0.15, 0.2) is 12.1 Å². The molecule has 4 atom stereocenters. The molecule has 0 heteroatoms. The monoisotopic (exact) mass is 310 g/mol. The van der Waals surface area contributed by atoms with E-state index in [-0.39, 0.29) is 0 Å². The first-order valence-electron chi connectivity index (χ1n) is 9.80. The van der Waals surface area contributed by atoms with Crippen LogP contribution in [-0.2, 0) is 11.8 Å². The molecular weight excluding hydrogens is 276 g/mol. The lowest BCUT2D eigenvalue weighted by atomic mass is 9.43. The molecule has 3 aliphatic carbocycles. The fraction of sp³-hybridized carbons (Fsp3) is 0.739. The Bertz CT molecular complexity index is 652. The Kier molecular flexibility index (Phi) is 3.18. The summed E-state index contributed by atoms with van der Waals surface area (Å²) < 4.78 is 0. The Morgan fingerprint density at radius 1 is 0.913 bits per heavy atom. The highest BCUT2D eigenvalue weighted by atomic mass is 14.6. The van der Waals surface area contributed by atoms with Gasteiger partial charge in [0.15, 0.2) is 0 Å². The smallest absolute Gasteiger partial charge is 0.00356 e. The lowest BCUT2D eigenvalue weighted by Crippen LogP contribution is -2.55. The number of aryl methyl sites for hydroxylation is 1. The topological polar surface area (TPSA) is 0 Å². The summed E-state index contributed by atoms with van der Waals surface area (Å²) in [7, 11) is 0. The van der Waals surface area contributed by atoms with Crippen LogP contribution < -0.4 is 0 Å². The van der Waals surface area contributed by atoms with Crippen molar-refractivity contribution in [3.8, 4) is 0 Å². The highest BCUT2D eigenvalue weighted by molar-refractivity contribution is 5.49. The molecule has 1 aromatic carbocycles. The summed E-state index contributed by atoms with van der Waals surface area (Å²) in [5.41, 5.74) is 7.97. The van der Waals surface area contributed by atoms with Crippen LogP contribution in [0.4, 0.5) is 0 Å². The van der Waals surface area contributed by atoms with E-state index < -0.39 is 0 Å². The predicted molar refractivity (Wildman–Crippen MR) is 98.9 cm³/mol. The van der Waals surface area contributed by atoms with E-state index >= 15 is 0 Å². The first kappa shape index (κ1) is 15.7. The summed E-state index contributed by atoms with van der Waals surface area (Å²) in [4.78, 5) is 0. The van der Waals surface area contributed by atoms with Gasteiger partial charge >= 0.3 is 0 Å². The molecule has 4 rings (SSSR count). The first-order chi connectivity index (χ1) is 10.7. The Labute approximate surface area is 143 Å². The van der Waals surface area contributed by atoms with Crippen molar-refractivity contribution < 1.29 is 0 Å². The van der Waals surface area contributed by atoms with Gasteiger partial charge in [0.25, 0.3) is 0 Å². The van der Waals surface area contributed by atoms with Crippen LogP contribution in [0.3, 0.4) is 0 Å². The van der Waals surface area contributed by atoms with Crippen molar-refractivity contribution in [2.75, 3.05) is 0 Å². The van der Waals surface area contributed by atoms with E-state index in [4.69, 9.17) is 0 Å². The fourth-order valence-electron chi connectivity index (χ4n) is 7.31. The second-order valence-electron chi connectivity index (χ2n) is 10.1. The summed E-state index contributed by atoms with van der Waals surface area (Å²) in [6.07, 6.45) is 8.48. The van der Waals surface area contributed by atoms with Crippen LogP contribution in [-0.4, -0.2) is 0 Å². The van der Waals surface area contributed by atoms with Crippen LogP contribution in [0, 0.1) is 36.5 Å². The van der Waals surface area contributed by atoms with Gasteiger partial charge in [-0.2, -0.15) is 0 Å². The molecule has 3 aliphatic rings. The largest absolute Gasteiger partial charge is 0.0596 e. The van der Waals surface area contributed by atoms with E-state index in [9.17, 15) is 0 Å². The molecule has 0 saturated heterocycles. The molecule has 0 N–H and O–H groups in total. The summed E-state index contributed by atoms with van der Waals surface area (Å²) in [6.45, 7) is 15.0. The number of rotatable bonds is 0. The number of hydrogen-bond acceptors (Lipinski definition) is 0. The summed E-state index contributed by atoms with van der Waals surface area (Å²) in [5.74, 6) is 1.77. The standard InChI is InChI=1S/C23H34/c1-15-8-9-18-17(16(15)2)14-20-22(18,5)13-10-19-21(3,4)11-7-12-23(19,20)6/h8-9,19-20H,7,10-14H2,1-6H3/t19?,20-,22-,23-/m0/s1. The summed E-state index contributed by atoms with van der Waals surface area (Å²) in [6, 6.07) is 4.86. The lowest BCUT2D eigenvalue weighted by molar-refractivity contribution is -0.0982. The van der Waals surface area contributed by atoms with Crippen molar-refractivity contribution in [1.82, 2.24) is 0 Å². The van der Waals surface area contributed by atoms with Gasteiger partial charge in [-0.1, -0.05) is 46.2 Å². The van der Waals surface area contributed by atoms with E-state index in [1.807, 2.05) is 0 Å². The van der Waals surface area contributed by atoms with Crippen molar-refractivity contribution in [3.05, 3.63) is 34.4 Å². The van der Waals surface area contributed by atoms with Gasteiger partial charge in [-0.25, -0.2) is 0 Å². The molecule has 2 fully saturated rings. The van der Waals surface area contributed by atoms with E-state index in [2.05, 4.69) is 53.7 Å². The SMILES string of the molecule is Cc1ccc2c(c1C)C[C@H]1[C@@]2(C)CCC2C(C)(C)CCC[C@@]21C. The zero-order chi connectivity index (χ0) is 16.6. The molecule has 0 amide bonds. The van der Waals surface area contributed by atoms with Gasteiger partial charge < -0.3 is 0 Å². The minimum Gasteiger partial charge on any atom is -0.0596 e. The molecule has 0 nitrogen and oxygen atoms in total. The Morgan fingerprint density at radius 3 is 2.39 bits per heavy atom. The quantitative estimate of drug-likeness (QED) is 0.523. The number of benzene rings is 1.